The summed E-state index contributed by atoms with van der Waals surface area (Å²) < 4.78 is 6.88. The molecule has 1 rings (SSSR count). The molecule has 0 radical (unpaired) electrons. The molecule has 1 heterocycles. The summed E-state index contributed by atoms with van der Waals surface area (Å²) in [5.74, 6) is 0. The molecule has 1 aromatic rings. The van der Waals surface area contributed by atoms with Crippen LogP contribution in [0.25, 0.3) is 0 Å². The fraction of sp³-hybridized carbons (Fsp3) is 0.692. The number of nitrogens with zero attached hydrogens (tertiary/aromatic N) is 2. The zero-order valence-corrected chi connectivity index (χ0v) is 13.2. The summed E-state index contributed by atoms with van der Waals surface area (Å²) in [6, 6.07) is 0. The van der Waals surface area contributed by atoms with Crippen molar-refractivity contribution in [2.45, 2.75) is 39.2 Å². The standard InChI is InChI=1S/C13H22BrN3O2/c1-3-4-5-6-7-15-11-10-16-17(8-9-19-2)13(18)12(11)14/h10,15H,3-9H2,1-2H3. The van der Waals surface area contributed by atoms with Crippen molar-refractivity contribution in [1.29, 1.82) is 0 Å². The van der Waals surface area contributed by atoms with E-state index in [-0.39, 0.29) is 5.56 Å². The van der Waals surface area contributed by atoms with E-state index in [0.717, 1.165) is 18.7 Å². The van der Waals surface area contributed by atoms with Crippen LogP contribution < -0.4 is 10.9 Å². The second kappa shape index (κ2) is 9.09. The molecule has 0 saturated carbocycles. The average Bonchev–Trinajstić information content (AvgIpc) is 2.42. The number of hydrogen-bond donors (Lipinski definition) is 1. The van der Waals surface area contributed by atoms with Crippen LogP contribution in [0.3, 0.4) is 0 Å². The average molecular weight is 332 g/mol. The summed E-state index contributed by atoms with van der Waals surface area (Å²) in [6.07, 6.45) is 6.47. The number of halogens is 1. The Morgan fingerprint density at radius 3 is 2.89 bits per heavy atom. The highest BCUT2D eigenvalue weighted by atomic mass is 79.9. The maximum absolute atomic E-state index is 12.0. The van der Waals surface area contributed by atoms with Gasteiger partial charge in [-0.2, -0.15) is 5.10 Å². The number of hydrogen-bond acceptors (Lipinski definition) is 4. The number of aromatic nitrogens is 2. The lowest BCUT2D eigenvalue weighted by molar-refractivity contribution is 0.181. The molecular weight excluding hydrogens is 310 g/mol. The Labute approximate surface area is 122 Å². The van der Waals surface area contributed by atoms with Crippen LogP contribution in [0.2, 0.25) is 0 Å². The lowest BCUT2D eigenvalue weighted by Gasteiger charge is -2.10. The molecule has 0 unspecified atom stereocenters. The van der Waals surface area contributed by atoms with Gasteiger partial charge in [-0.1, -0.05) is 26.2 Å². The number of rotatable bonds is 9. The van der Waals surface area contributed by atoms with E-state index in [9.17, 15) is 4.79 Å². The molecule has 0 aliphatic heterocycles. The van der Waals surface area contributed by atoms with Gasteiger partial charge in [-0.15, -0.1) is 0 Å². The molecule has 0 saturated heterocycles. The van der Waals surface area contributed by atoms with Crippen LogP contribution in [0.4, 0.5) is 5.69 Å². The molecular formula is C13H22BrN3O2. The topological polar surface area (TPSA) is 56.1 Å². The highest BCUT2D eigenvalue weighted by Crippen LogP contribution is 2.16. The summed E-state index contributed by atoms with van der Waals surface area (Å²) in [5, 5.41) is 7.37. The van der Waals surface area contributed by atoms with Crippen molar-refractivity contribution in [3.63, 3.8) is 0 Å². The molecule has 0 spiro atoms. The van der Waals surface area contributed by atoms with E-state index in [1.54, 1.807) is 13.3 Å². The van der Waals surface area contributed by atoms with E-state index in [4.69, 9.17) is 4.74 Å². The molecule has 1 N–H and O–H groups in total. The summed E-state index contributed by atoms with van der Waals surface area (Å²) in [5.41, 5.74) is 0.630. The molecule has 108 valence electrons. The minimum absolute atomic E-state index is 0.129. The fourth-order valence-electron chi connectivity index (χ4n) is 1.70. The first-order valence-corrected chi connectivity index (χ1v) is 7.48. The van der Waals surface area contributed by atoms with Gasteiger partial charge >= 0.3 is 0 Å². The van der Waals surface area contributed by atoms with Crippen molar-refractivity contribution < 1.29 is 4.74 Å². The molecule has 0 bridgehead atoms. The minimum atomic E-state index is -0.129. The second-order valence-electron chi connectivity index (χ2n) is 4.38. The first-order valence-electron chi connectivity index (χ1n) is 6.69. The monoisotopic (exact) mass is 331 g/mol. The van der Waals surface area contributed by atoms with Gasteiger partial charge in [-0.05, 0) is 22.4 Å². The molecule has 0 atom stereocenters. The quantitative estimate of drug-likeness (QED) is 0.707. The van der Waals surface area contributed by atoms with Gasteiger partial charge in [-0.25, -0.2) is 4.68 Å². The van der Waals surface area contributed by atoms with Gasteiger partial charge in [0.2, 0.25) is 0 Å². The van der Waals surface area contributed by atoms with E-state index in [0.29, 0.717) is 17.6 Å². The lowest BCUT2D eigenvalue weighted by Crippen LogP contribution is -2.26. The highest BCUT2D eigenvalue weighted by Gasteiger charge is 2.07. The van der Waals surface area contributed by atoms with Gasteiger partial charge in [-0.3, -0.25) is 4.79 Å². The summed E-state index contributed by atoms with van der Waals surface area (Å²) in [4.78, 5) is 12.0. The Kier molecular flexibility index (Phi) is 7.74. The highest BCUT2D eigenvalue weighted by molar-refractivity contribution is 9.10. The third-order valence-electron chi connectivity index (χ3n) is 2.84. The summed E-state index contributed by atoms with van der Waals surface area (Å²) in [7, 11) is 1.60. The molecule has 5 nitrogen and oxygen atoms in total. The van der Waals surface area contributed by atoms with E-state index in [1.807, 2.05) is 0 Å². The molecule has 19 heavy (non-hydrogen) atoms. The van der Waals surface area contributed by atoms with Gasteiger partial charge in [0.15, 0.2) is 0 Å². The Balaban J connectivity index is 2.56. The van der Waals surface area contributed by atoms with E-state index >= 15 is 0 Å². The van der Waals surface area contributed by atoms with Crippen LogP contribution in [0.5, 0.6) is 0 Å². The van der Waals surface area contributed by atoms with Crippen molar-refractivity contribution in [1.82, 2.24) is 9.78 Å². The largest absolute Gasteiger partial charge is 0.383 e. The molecule has 0 aliphatic carbocycles. The van der Waals surface area contributed by atoms with Gasteiger partial charge in [0, 0.05) is 13.7 Å². The van der Waals surface area contributed by atoms with Gasteiger partial charge in [0.1, 0.15) is 4.47 Å². The zero-order valence-electron chi connectivity index (χ0n) is 11.6. The van der Waals surface area contributed by atoms with Crippen LogP contribution in [0.15, 0.2) is 15.5 Å². The normalized spacial score (nSPS) is 10.7. The number of ether oxygens (including phenoxy) is 1. The van der Waals surface area contributed by atoms with Crippen LogP contribution >= 0.6 is 15.9 Å². The predicted molar refractivity (Wildman–Crippen MR) is 80.7 cm³/mol. The van der Waals surface area contributed by atoms with Crippen LogP contribution in [-0.4, -0.2) is 30.0 Å². The smallest absolute Gasteiger partial charge is 0.283 e. The number of unbranched alkanes of at least 4 members (excludes halogenated alkanes) is 3. The molecule has 1 aromatic heterocycles. The van der Waals surface area contributed by atoms with Gasteiger partial charge in [0.05, 0.1) is 25.0 Å². The van der Waals surface area contributed by atoms with Crippen molar-refractivity contribution in [3.05, 3.63) is 21.0 Å². The third kappa shape index (κ3) is 5.32. The second-order valence-corrected chi connectivity index (χ2v) is 5.17. The molecule has 0 amide bonds. The number of nitrogens with one attached hydrogen (secondary N) is 1. The van der Waals surface area contributed by atoms with Gasteiger partial charge in [0.25, 0.3) is 5.56 Å². The molecule has 0 aliphatic rings. The van der Waals surface area contributed by atoms with Crippen molar-refractivity contribution in [2.24, 2.45) is 0 Å². The van der Waals surface area contributed by atoms with Crippen LogP contribution in [0, 0.1) is 0 Å². The number of anilines is 1. The van der Waals surface area contributed by atoms with Crippen LogP contribution in [0.1, 0.15) is 32.6 Å². The Morgan fingerprint density at radius 2 is 2.21 bits per heavy atom. The van der Waals surface area contributed by atoms with Crippen LogP contribution in [-0.2, 0) is 11.3 Å². The summed E-state index contributed by atoms with van der Waals surface area (Å²) >= 11 is 3.33. The molecule has 0 aromatic carbocycles. The maximum Gasteiger partial charge on any atom is 0.283 e. The Morgan fingerprint density at radius 1 is 1.42 bits per heavy atom. The Hall–Kier alpha value is -0.880. The van der Waals surface area contributed by atoms with E-state index in [1.165, 1.54) is 23.9 Å². The molecule has 6 heteroatoms. The Bertz CT molecular complexity index is 434. The first-order chi connectivity index (χ1) is 9.20. The third-order valence-corrected chi connectivity index (χ3v) is 3.60. The lowest BCUT2D eigenvalue weighted by atomic mass is 10.2. The van der Waals surface area contributed by atoms with Crippen molar-refractivity contribution >= 4 is 21.6 Å². The SMILES string of the molecule is CCCCCCNc1cnn(CCOC)c(=O)c1Br. The van der Waals surface area contributed by atoms with Gasteiger partial charge < -0.3 is 10.1 Å². The fourth-order valence-corrected chi connectivity index (χ4v) is 2.15. The minimum Gasteiger partial charge on any atom is -0.383 e. The van der Waals surface area contributed by atoms with E-state index < -0.39 is 0 Å². The molecule has 0 fully saturated rings. The predicted octanol–water partition coefficient (Wildman–Crippen LogP) is 2.64. The zero-order chi connectivity index (χ0) is 14.1. The summed E-state index contributed by atoms with van der Waals surface area (Å²) in [6.45, 7) is 3.99. The maximum atomic E-state index is 12.0. The number of methoxy groups -OCH3 is 1. The van der Waals surface area contributed by atoms with E-state index in [2.05, 4.69) is 33.3 Å². The van der Waals surface area contributed by atoms with Crippen molar-refractivity contribution in [2.75, 3.05) is 25.6 Å². The van der Waals surface area contributed by atoms with Crippen molar-refractivity contribution in [3.8, 4) is 0 Å². The first kappa shape index (κ1) is 16.2.